The molecule has 0 heterocycles. The van der Waals surface area contributed by atoms with Gasteiger partial charge in [-0.05, 0) is 25.3 Å². The Balaban J connectivity index is 3.36. The first-order valence-electron chi connectivity index (χ1n) is 5.78. The summed E-state index contributed by atoms with van der Waals surface area (Å²) in [5.74, 6) is -0.0996. The van der Waals surface area contributed by atoms with Gasteiger partial charge in [0.2, 0.25) is 10.0 Å². The Bertz CT molecular complexity index is 605. The van der Waals surface area contributed by atoms with E-state index in [1.807, 2.05) is 6.26 Å². The van der Waals surface area contributed by atoms with Crippen LogP contribution in [0.2, 0.25) is 0 Å². The number of nitrogens with zero attached hydrogens (tertiary/aromatic N) is 1. The average molecular weight is 336 g/mol. The normalized spacial score (nSPS) is 13.4. The van der Waals surface area contributed by atoms with Crippen molar-refractivity contribution in [3.05, 3.63) is 29.6 Å². The highest BCUT2D eigenvalue weighted by molar-refractivity contribution is 7.98. The van der Waals surface area contributed by atoms with Crippen molar-refractivity contribution in [3.8, 4) is 0 Å². The molecule has 0 radical (unpaired) electrons. The van der Waals surface area contributed by atoms with Crippen LogP contribution >= 0.6 is 24.0 Å². The lowest BCUT2D eigenvalue weighted by molar-refractivity contribution is 0.414. The summed E-state index contributed by atoms with van der Waals surface area (Å²) >= 11 is 6.29. The molecule has 0 aromatic heterocycles. The van der Waals surface area contributed by atoms with Crippen LogP contribution in [0.4, 0.5) is 4.39 Å². The summed E-state index contributed by atoms with van der Waals surface area (Å²) in [6.45, 7) is 1.79. The summed E-state index contributed by atoms with van der Waals surface area (Å²) in [6, 6.07) is 3.56. The van der Waals surface area contributed by atoms with Gasteiger partial charge in [-0.25, -0.2) is 12.8 Å². The Kier molecular flexibility index (Phi) is 5.93. The van der Waals surface area contributed by atoms with Crippen LogP contribution in [0.25, 0.3) is 0 Å². The fraction of sp³-hybridized carbons (Fsp3) is 0.417. The molecule has 20 heavy (non-hydrogen) atoms. The molecule has 112 valence electrons. The van der Waals surface area contributed by atoms with Gasteiger partial charge in [0.05, 0.1) is 10.5 Å². The van der Waals surface area contributed by atoms with Crippen molar-refractivity contribution in [2.45, 2.75) is 17.9 Å². The van der Waals surface area contributed by atoms with E-state index in [1.165, 1.54) is 35.2 Å². The summed E-state index contributed by atoms with van der Waals surface area (Å²) in [5.41, 5.74) is 5.22. The summed E-state index contributed by atoms with van der Waals surface area (Å²) in [6.07, 6.45) is 1.89. The number of benzene rings is 1. The summed E-state index contributed by atoms with van der Waals surface area (Å²) in [5, 5.41) is 0. The number of hydrogen-bond acceptors (Lipinski definition) is 4. The van der Waals surface area contributed by atoms with Crippen LogP contribution in [0.1, 0.15) is 12.5 Å². The maximum absolute atomic E-state index is 13.8. The quantitative estimate of drug-likeness (QED) is 0.803. The van der Waals surface area contributed by atoms with Crippen LogP contribution in [-0.2, 0) is 10.0 Å². The molecular weight excluding hydrogens is 319 g/mol. The molecule has 0 saturated heterocycles. The molecule has 1 atom stereocenters. The Morgan fingerprint density at radius 2 is 2.15 bits per heavy atom. The number of sulfonamides is 1. The molecule has 0 amide bonds. The molecule has 1 rings (SSSR count). The Morgan fingerprint density at radius 3 is 2.65 bits per heavy atom. The SMILES string of the molecule is CSCC(C)N(C)S(=O)(=O)c1cccc(F)c1C(N)=S. The molecular formula is C12H17FN2O2S3. The van der Waals surface area contributed by atoms with Gasteiger partial charge in [0, 0.05) is 18.8 Å². The first-order valence-corrected chi connectivity index (χ1v) is 9.03. The van der Waals surface area contributed by atoms with Crippen molar-refractivity contribution < 1.29 is 12.8 Å². The monoisotopic (exact) mass is 336 g/mol. The van der Waals surface area contributed by atoms with Crippen LogP contribution in [-0.4, -0.2) is 42.8 Å². The zero-order valence-electron chi connectivity index (χ0n) is 11.5. The first kappa shape index (κ1) is 17.4. The number of hydrogen-bond donors (Lipinski definition) is 1. The Morgan fingerprint density at radius 1 is 1.55 bits per heavy atom. The van der Waals surface area contributed by atoms with Crippen molar-refractivity contribution >= 4 is 39.0 Å². The summed E-state index contributed by atoms with van der Waals surface area (Å²) in [4.78, 5) is -0.465. The van der Waals surface area contributed by atoms with Crippen molar-refractivity contribution in [1.82, 2.24) is 4.31 Å². The molecule has 2 N–H and O–H groups in total. The van der Waals surface area contributed by atoms with Gasteiger partial charge in [-0.3, -0.25) is 0 Å². The molecule has 0 fully saturated rings. The predicted octanol–water partition coefficient (Wildman–Crippen LogP) is 1.83. The highest BCUT2D eigenvalue weighted by Crippen LogP contribution is 2.23. The van der Waals surface area contributed by atoms with E-state index < -0.39 is 15.8 Å². The number of thiocarbonyl (C=S) groups is 1. The topological polar surface area (TPSA) is 63.4 Å². The molecule has 0 aliphatic heterocycles. The zero-order valence-corrected chi connectivity index (χ0v) is 13.9. The van der Waals surface area contributed by atoms with Crippen LogP contribution in [0, 0.1) is 5.82 Å². The van der Waals surface area contributed by atoms with Gasteiger partial charge >= 0.3 is 0 Å². The average Bonchev–Trinajstić information content (AvgIpc) is 2.37. The highest BCUT2D eigenvalue weighted by atomic mass is 32.2. The minimum Gasteiger partial charge on any atom is -0.389 e. The van der Waals surface area contributed by atoms with E-state index in [1.54, 1.807) is 6.92 Å². The molecule has 0 spiro atoms. The van der Waals surface area contributed by atoms with Crippen molar-refractivity contribution in [1.29, 1.82) is 0 Å². The van der Waals surface area contributed by atoms with Crippen molar-refractivity contribution in [2.24, 2.45) is 5.73 Å². The molecule has 0 aliphatic rings. The minimum atomic E-state index is -3.85. The molecule has 1 aromatic carbocycles. The fourth-order valence-electron chi connectivity index (χ4n) is 1.70. The van der Waals surface area contributed by atoms with E-state index in [0.29, 0.717) is 5.75 Å². The van der Waals surface area contributed by atoms with Gasteiger partial charge in [0.25, 0.3) is 0 Å². The lowest BCUT2D eigenvalue weighted by Crippen LogP contribution is -2.37. The van der Waals surface area contributed by atoms with Crippen molar-refractivity contribution in [3.63, 3.8) is 0 Å². The highest BCUT2D eigenvalue weighted by Gasteiger charge is 2.29. The number of rotatable bonds is 6. The van der Waals surface area contributed by atoms with Gasteiger partial charge in [-0.1, -0.05) is 18.3 Å². The molecule has 8 heteroatoms. The zero-order chi connectivity index (χ0) is 15.5. The van der Waals surface area contributed by atoms with E-state index in [-0.39, 0.29) is 21.5 Å². The first-order chi connectivity index (χ1) is 9.23. The van der Waals surface area contributed by atoms with Crippen molar-refractivity contribution in [2.75, 3.05) is 19.1 Å². The maximum atomic E-state index is 13.8. The van der Waals surface area contributed by atoms with Crippen LogP contribution in [0.5, 0.6) is 0 Å². The molecule has 1 unspecified atom stereocenters. The minimum absolute atomic E-state index is 0.194. The molecule has 0 saturated carbocycles. The summed E-state index contributed by atoms with van der Waals surface area (Å²) in [7, 11) is -2.38. The van der Waals surface area contributed by atoms with E-state index in [9.17, 15) is 12.8 Å². The van der Waals surface area contributed by atoms with Gasteiger partial charge in [0.1, 0.15) is 10.8 Å². The van der Waals surface area contributed by atoms with E-state index in [4.69, 9.17) is 18.0 Å². The third-order valence-electron chi connectivity index (χ3n) is 2.91. The number of halogens is 1. The third kappa shape index (κ3) is 3.49. The lowest BCUT2D eigenvalue weighted by Gasteiger charge is -2.24. The second-order valence-electron chi connectivity index (χ2n) is 4.30. The summed E-state index contributed by atoms with van der Waals surface area (Å²) < 4.78 is 40.1. The molecule has 1 aromatic rings. The van der Waals surface area contributed by atoms with Crippen LogP contribution in [0.15, 0.2) is 23.1 Å². The fourth-order valence-corrected chi connectivity index (χ4v) is 4.34. The van der Waals surface area contributed by atoms with Gasteiger partial charge in [-0.15, -0.1) is 0 Å². The van der Waals surface area contributed by atoms with E-state index in [0.717, 1.165) is 6.07 Å². The smallest absolute Gasteiger partial charge is 0.243 e. The van der Waals surface area contributed by atoms with Crippen LogP contribution < -0.4 is 5.73 Å². The largest absolute Gasteiger partial charge is 0.389 e. The van der Waals surface area contributed by atoms with E-state index >= 15 is 0 Å². The van der Waals surface area contributed by atoms with E-state index in [2.05, 4.69) is 0 Å². The number of thioether (sulfide) groups is 1. The van der Waals surface area contributed by atoms with Gasteiger partial charge < -0.3 is 5.73 Å². The second kappa shape index (κ2) is 6.84. The molecule has 0 aliphatic carbocycles. The molecule has 4 nitrogen and oxygen atoms in total. The molecule has 0 bridgehead atoms. The van der Waals surface area contributed by atoms with Gasteiger partial charge in [-0.2, -0.15) is 16.1 Å². The third-order valence-corrected chi connectivity index (χ3v) is 5.94. The second-order valence-corrected chi connectivity index (χ2v) is 7.62. The number of nitrogens with two attached hydrogens (primary N) is 1. The van der Waals surface area contributed by atoms with Crippen LogP contribution in [0.3, 0.4) is 0 Å². The predicted molar refractivity (Wildman–Crippen MR) is 85.1 cm³/mol. The standard InChI is InChI=1S/C12H17FN2O2S3/c1-8(7-19-3)15(2)20(16,17)10-6-4-5-9(13)11(10)12(14)18/h4-6,8H,7H2,1-3H3,(H2,14,18). The van der Waals surface area contributed by atoms with Gasteiger partial charge in [0.15, 0.2) is 0 Å². The maximum Gasteiger partial charge on any atom is 0.243 e. The Hall–Kier alpha value is -0.700. The Labute approximate surface area is 128 Å². The lowest BCUT2D eigenvalue weighted by atomic mass is 10.2.